The van der Waals surface area contributed by atoms with Gasteiger partial charge in [0, 0.05) is 113 Å². The Balaban J connectivity index is 0.000000112. The molecule has 0 aliphatic heterocycles. The smallest absolute Gasteiger partial charge is 0.456 e. The molecule has 0 spiro atoms. The Morgan fingerprint density at radius 3 is 0.758 bits per heavy atom. The van der Waals surface area contributed by atoms with Crippen molar-refractivity contribution in [1.82, 2.24) is 18.3 Å². The summed E-state index contributed by atoms with van der Waals surface area (Å²) in [5.74, 6) is 0. The maximum Gasteiger partial charge on any atom is 0.488 e. The zero-order valence-corrected chi connectivity index (χ0v) is 65.8. The topological polar surface area (TPSA) is 113 Å². The van der Waals surface area contributed by atoms with E-state index in [1.54, 1.807) is 0 Å². The summed E-state index contributed by atoms with van der Waals surface area (Å²) in [7, 11) is -1.58. The van der Waals surface area contributed by atoms with Gasteiger partial charge in [0.1, 0.15) is 44.7 Å². The van der Waals surface area contributed by atoms with E-state index in [0.29, 0.717) is 5.46 Å². The van der Waals surface area contributed by atoms with Crippen molar-refractivity contribution in [2.45, 2.75) is 0 Å². The lowest BCUT2D eigenvalue weighted by atomic mass is 9.78. The lowest BCUT2D eigenvalue weighted by Crippen LogP contribution is -2.30. The number of nitrogens with zero attached hydrogens (tertiary/aromatic N) is 4. The van der Waals surface area contributed by atoms with E-state index in [1.165, 1.54) is 65.4 Å². The molecule has 0 atom stereocenters. The second kappa shape index (κ2) is 27.5. The van der Waals surface area contributed by atoms with Gasteiger partial charge in [-0.2, -0.15) is 0 Å². The number of hydrogen-bond acceptors (Lipinski definition) is 6. The minimum Gasteiger partial charge on any atom is -0.456 e. The Kier molecular flexibility index (Phi) is 15.8. The van der Waals surface area contributed by atoms with Crippen LogP contribution >= 0.6 is 15.9 Å². The summed E-state index contributed by atoms with van der Waals surface area (Å²) in [4.78, 5) is 0. The predicted octanol–water partition coefficient (Wildman–Crippen LogP) is 28.5. The molecule has 26 rings (SSSR count). The van der Waals surface area contributed by atoms with E-state index in [4.69, 9.17) is 17.7 Å². The first kappa shape index (κ1) is 69.2. The second-order valence-electron chi connectivity index (χ2n) is 31.0. The Morgan fingerprint density at radius 2 is 0.425 bits per heavy atom. The molecule has 0 radical (unpaired) electrons. The van der Waals surface area contributed by atoms with Gasteiger partial charge in [0.05, 0.1) is 44.1 Å². The van der Waals surface area contributed by atoms with E-state index < -0.39 is 7.12 Å². The van der Waals surface area contributed by atoms with Crippen molar-refractivity contribution in [2.24, 2.45) is 0 Å². The molecule has 0 aliphatic carbocycles. The number of benzene rings is 18. The summed E-state index contributed by atoms with van der Waals surface area (Å²) >= 11 is 3.58. The first-order valence-corrected chi connectivity index (χ1v) is 41.0. The van der Waals surface area contributed by atoms with Gasteiger partial charge in [-0.25, -0.2) is 0 Å². The Hall–Kier alpha value is -15.2. The fraction of sp³-hybridized carbons (Fsp3) is 0. The zero-order valence-electron chi connectivity index (χ0n) is 64.2. The Bertz CT molecular complexity index is 8510. The van der Waals surface area contributed by atoms with Crippen LogP contribution in [0.1, 0.15) is 0 Å². The van der Waals surface area contributed by atoms with Crippen LogP contribution in [0.15, 0.2) is 410 Å². The van der Waals surface area contributed by atoms with E-state index in [-0.39, 0.29) is 0 Å². The fourth-order valence-corrected chi connectivity index (χ4v) is 19.1. The van der Waals surface area contributed by atoms with Gasteiger partial charge < -0.3 is 46.0 Å². The molecule has 0 unspecified atom stereocenters. The Morgan fingerprint density at radius 1 is 0.183 bits per heavy atom. The largest absolute Gasteiger partial charge is 0.488 e. The second-order valence-corrected chi connectivity index (χ2v) is 31.9. The lowest BCUT2D eigenvalue weighted by molar-refractivity contribution is 0.425. The first-order valence-electron chi connectivity index (χ1n) is 40.2. The van der Waals surface area contributed by atoms with Crippen LogP contribution in [-0.2, 0) is 0 Å². The van der Waals surface area contributed by atoms with Gasteiger partial charge in [-0.1, -0.05) is 222 Å². The highest BCUT2D eigenvalue weighted by Crippen LogP contribution is 2.44. The summed E-state index contributed by atoms with van der Waals surface area (Å²) in [5, 5.41) is 38.9. The van der Waals surface area contributed by atoms with E-state index in [1.807, 2.05) is 91.0 Å². The van der Waals surface area contributed by atoms with Gasteiger partial charge in [0.25, 0.3) is 0 Å². The molecule has 0 bridgehead atoms. The molecule has 0 saturated carbocycles. The van der Waals surface area contributed by atoms with Crippen molar-refractivity contribution in [2.75, 3.05) is 0 Å². The van der Waals surface area contributed by atoms with Crippen molar-refractivity contribution in [3.05, 3.63) is 393 Å². The van der Waals surface area contributed by atoms with E-state index >= 15 is 0 Å². The minimum atomic E-state index is -1.58. The van der Waals surface area contributed by atoms with Crippen LogP contribution in [-0.4, -0.2) is 35.4 Å². The van der Waals surface area contributed by atoms with Crippen molar-refractivity contribution in [3.63, 3.8) is 0 Å². The molecule has 26 aromatic rings. The summed E-state index contributed by atoms with van der Waals surface area (Å²) in [5.41, 5.74) is 27.4. The molecule has 8 heterocycles. The standard InChI is InChI=1S/C54H32N2O2.C30H20BNO3.C24H14BrNO/c1-6-16-47-39(11-1)40-12-2-7-17-48(40)55(47)37-23-26-54-46(32-37)45-31-34(22-25-53(45)58-54)36-27-35(33-21-24-52-44(30-33)43-15-5-10-20-51(43)57-52)28-38(29-36)56-49-18-8-3-13-41(49)42-14-4-9-19-50(42)56;33-31(34)21-15-20(19-13-14-30-26(17-19)25-9-3-6-12-29(25)35-30)16-22(18-21)32-27-10-4-1-7-23(27)24-8-2-5-11-28(24)32;25-15-9-11-23-19(13-15)20-14-16(10-12-24(20)27-23)26-21-7-3-1-5-17(21)18-6-2-4-8-22(18)26/h1-32H;1-18,33-34H;1-14H. The summed E-state index contributed by atoms with van der Waals surface area (Å²) in [6, 6.07) is 136. The van der Waals surface area contributed by atoms with Crippen LogP contribution < -0.4 is 5.46 Å². The van der Waals surface area contributed by atoms with Crippen LogP contribution in [0.4, 0.5) is 0 Å². The molecule has 0 amide bonds. The number of hydrogen-bond donors (Lipinski definition) is 2. The van der Waals surface area contributed by atoms with E-state index in [0.717, 1.165) is 170 Å². The molecular formula is C108H66BBrN4O6. The average molecular weight is 1610 g/mol. The monoisotopic (exact) mass is 1600 g/mol. The van der Waals surface area contributed by atoms with E-state index in [2.05, 4.69) is 331 Å². The third kappa shape index (κ3) is 11.2. The molecular weight excluding hydrogens is 1540 g/mol. The summed E-state index contributed by atoms with van der Waals surface area (Å²) in [6.45, 7) is 0. The van der Waals surface area contributed by atoms with Crippen molar-refractivity contribution in [1.29, 1.82) is 0 Å². The number of para-hydroxylation sites is 10. The van der Waals surface area contributed by atoms with Gasteiger partial charge in [-0.15, -0.1) is 0 Å². The van der Waals surface area contributed by atoms with Crippen molar-refractivity contribution >= 4 is 203 Å². The van der Waals surface area contributed by atoms with Gasteiger partial charge in [-0.3, -0.25) is 0 Å². The van der Waals surface area contributed by atoms with Crippen LogP contribution in [0.5, 0.6) is 0 Å². The molecule has 0 aliphatic rings. The molecule has 18 aromatic carbocycles. The molecule has 2 N–H and O–H groups in total. The molecule has 10 nitrogen and oxygen atoms in total. The Labute approximate surface area is 693 Å². The molecule has 0 fully saturated rings. The van der Waals surface area contributed by atoms with Gasteiger partial charge >= 0.3 is 7.12 Å². The maximum atomic E-state index is 10.2. The molecule has 120 heavy (non-hydrogen) atoms. The summed E-state index contributed by atoms with van der Waals surface area (Å²) < 4.78 is 35.1. The van der Waals surface area contributed by atoms with Gasteiger partial charge in [0.15, 0.2) is 0 Å². The molecule has 12 heteroatoms. The van der Waals surface area contributed by atoms with Gasteiger partial charge in [-0.05, 0) is 221 Å². The molecule has 0 saturated heterocycles. The number of furan rings is 4. The number of rotatable bonds is 8. The quantitative estimate of drug-likeness (QED) is 0.147. The fourth-order valence-electron chi connectivity index (χ4n) is 18.7. The highest BCUT2D eigenvalue weighted by atomic mass is 79.9. The summed E-state index contributed by atoms with van der Waals surface area (Å²) in [6.07, 6.45) is 0. The normalized spacial score (nSPS) is 12.0. The van der Waals surface area contributed by atoms with Crippen LogP contribution in [0.3, 0.4) is 0 Å². The van der Waals surface area contributed by atoms with Crippen LogP contribution in [0, 0.1) is 0 Å². The molecule has 8 aromatic heterocycles. The maximum absolute atomic E-state index is 10.2. The number of halogens is 1. The van der Waals surface area contributed by atoms with Crippen LogP contribution in [0.2, 0.25) is 0 Å². The van der Waals surface area contributed by atoms with Crippen LogP contribution in [0.25, 0.3) is 231 Å². The predicted molar refractivity (Wildman–Crippen MR) is 500 cm³/mol. The highest BCUT2D eigenvalue weighted by Gasteiger charge is 2.23. The third-order valence-corrected chi connectivity index (χ3v) is 24.6. The SMILES string of the molecule is Brc1ccc2oc3ccc(-n4c5ccccc5c5ccccc54)cc3c2c1.OB(O)c1cc(-c2ccc3oc4ccccc4c3c2)cc(-n2c3ccccc3c3ccccc32)c1.c1ccc2c(c1)oc1ccc(-c3cc(-c4ccc5oc6ccc(-n7c8ccccc8c8ccccc87)cc6c5c4)cc(-n4c5ccccc5c5ccccc54)c3)cc12. The minimum absolute atomic E-state index is 0.441. The number of fused-ring (bicyclic) bond motifs is 24. The lowest BCUT2D eigenvalue weighted by Gasteiger charge is -2.14. The number of aromatic nitrogens is 4. The third-order valence-electron chi connectivity index (χ3n) is 24.1. The highest BCUT2D eigenvalue weighted by molar-refractivity contribution is 9.10. The first-order chi connectivity index (χ1) is 59.2. The van der Waals surface area contributed by atoms with Gasteiger partial charge in [0.2, 0.25) is 0 Å². The molecule has 564 valence electrons. The van der Waals surface area contributed by atoms with Crippen molar-refractivity contribution < 1.29 is 27.7 Å². The average Bonchev–Trinajstić information content (AvgIpc) is 1.59. The van der Waals surface area contributed by atoms with E-state index in [9.17, 15) is 10.0 Å². The zero-order chi connectivity index (χ0) is 79.4. The van der Waals surface area contributed by atoms with Crippen molar-refractivity contribution in [3.8, 4) is 56.1 Å².